The van der Waals surface area contributed by atoms with Crippen LogP contribution in [0.3, 0.4) is 0 Å². The van der Waals surface area contributed by atoms with Crippen molar-refractivity contribution in [2.24, 2.45) is 5.10 Å². The molecule has 1 heterocycles. The van der Waals surface area contributed by atoms with Crippen molar-refractivity contribution in [3.8, 4) is 11.5 Å². The first-order chi connectivity index (χ1) is 14.7. The van der Waals surface area contributed by atoms with Crippen LogP contribution in [0, 0.1) is 0 Å². The lowest BCUT2D eigenvalue weighted by Crippen LogP contribution is -2.43. The second kappa shape index (κ2) is 11.0. The SMILES string of the molecule is COc1cc(/C=N/NC(=O)Cc2ccccc2)ccc1OCC(=O)N1CCOCC1. The van der Waals surface area contributed by atoms with E-state index in [2.05, 4.69) is 10.5 Å². The van der Waals surface area contributed by atoms with Gasteiger partial charge in [-0.3, -0.25) is 9.59 Å². The Kier molecular flexibility index (Phi) is 7.79. The maximum Gasteiger partial charge on any atom is 0.260 e. The van der Waals surface area contributed by atoms with Crippen LogP contribution in [-0.2, 0) is 20.7 Å². The molecule has 0 spiro atoms. The molecular weight excluding hydrogens is 386 g/mol. The van der Waals surface area contributed by atoms with Crippen molar-refractivity contribution >= 4 is 18.0 Å². The van der Waals surface area contributed by atoms with Crippen molar-refractivity contribution in [3.63, 3.8) is 0 Å². The summed E-state index contributed by atoms with van der Waals surface area (Å²) in [5, 5.41) is 3.98. The van der Waals surface area contributed by atoms with E-state index in [0.29, 0.717) is 37.8 Å². The number of nitrogens with one attached hydrogen (secondary N) is 1. The fourth-order valence-electron chi connectivity index (χ4n) is 2.93. The number of hydrazone groups is 1. The molecule has 0 bridgehead atoms. The molecular formula is C22H25N3O5. The largest absolute Gasteiger partial charge is 0.493 e. The van der Waals surface area contributed by atoms with Crippen molar-refractivity contribution in [2.45, 2.75) is 6.42 Å². The fraction of sp³-hybridized carbons (Fsp3) is 0.318. The Labute approximate surface area is 175 Å². The minimum atomic E-state index is -0.203. The van der Waals surface area contributed by atoms with Crippen LogP contribution in [0.15, 0.2) is 53.6 Å². The lowest BCUT2D eigenvalue weighted by molar-refractivity contribution is -0.137. The smallest absolute Gasteiger partial charge is 0.260 e. The molecule has 30 heavy (non-hydrogen) atoms. The maximum atomic E-state index is 12.2. The highest BCUT2D eigenvalue weighted by molar-refractivity contribution is 5.84. The third-order valence-corrected chi connectivity index (χ3v) is 4.51. The molecule has 0 radical (unpaired) electrons. The van der Waals surface area contributed by atoms with Gasteiger partial charge < -0.3 is 19.1 Å². The molecule has 0 aromatic heterocycles. The third kappa shape index (κ3) is 6.31. The van der Waals surface area contributed by atoms with E-state index in [1.165, 1.54) is 13.3 Å². The van der Waals surface area contributed by atoms with E-state index in [0.717, 1.165) is 11.1 Å². The minimum absolute atomic E-state index is 0.0701. The van der Waals surface area contributed by atoms with Gasteiger partial charge in [-0.2, -0.15) is 5.10 Å². The van der Waals surface area contributed by atoms with Gasteiger partial charge in [0.25, 0.3) is 5.91 Å². The van der Waals surface area contributed by atoms with Crippen LogP contribution in [0.25, 0.3) is 0 Å². The summed E-state index contributed by atoms with van der Waals surface area (Å²) in [4.78, 5) is 25.9. The molecule has 1 saturated heterocycles. The first kappa shape index (κ1) is 21.3. The van der Waals surface area contributed by atoms with E-state index < -0.39 is 0 Å². The summed E-state index contributed by atoms with van der Waals surface area (Å²) in [5.41, 5.74) is 4.14. The molecule has 0 atom stereocenters. The molecule has 3 rings (SSSR count). The van der Waals surface area contributed by atoms with Crippen LogP contribution >= 0.6 is 0 Å². The summed E-state index contributed by atoms with van der Waals surface area (Å²) in [7, 11) is 1.52. The number of hydrogen-bond acceptors (Lipinski definition) is 6. The first-order valence-electron chi connectivity index (χ1n) is 9.68. The van der Waals surface area contributed by atoms with Crippen molar-refractivity contribution in [2.75, 3.05) is 40.0 Å². The lowest BCUT2D eigenvalue weighted by atomic mass is 10.1. The molecule has 0 saturated carbocycles. The van der Waals surface area contributed by atoms with E-state index in [1.807, 2.05) is 30.3 Å². The number of amides is 2. The van der Waals surface area contributed by atoms with Gasteiger partial charge in [0.2, 0.25) is 5.91 Å². The number of carbonyl (C=O) groups is 2. The Morgan fingerprint density at radius 1 is 1.13 bits per heavy atom. The zero-order valence-electron chi connectivity index (χ0n) is 16.9. The summed E-state index contributed by atoms with van der Waals surface area (Å²) < 4.78 is 16.2. The van der Waals surface area contributed by atoms with Crippen molar-refractivity contribution in [3.05, 3.63) is 59.7 Å². The average Bonchev–Trinajstić information content (AvgIpc) is 2.79. The number of rotatable bonds is 8. The first-order valence-corrected chi connectivity index (χ1v) is 9.68. The predicted octanol–water partition coefficient (Wildman–Crippen LogP) is 1.63. The Morgan fingerprint density at radius 2 is 1.90 bits per heavy atom. The zero-order valence-corrected chi connectivity index (χ0v) is 16.9. The molecule has 1 fully saturated rings. The Balaban J connectivity index is 1.52. The normalized spacial score (nSPS) is 13.8. The minimum Gasteiger partial charge on any atom is -0.493 e. The van der Waals surface area contributed by atoms with E-state index in [1.54, 1.807) is 23.1 Å². The number of carbonyl (C=O) groups excluding carboxylic acids is 2. The molecule has 2 aromatic carbocycles. The monoisotopic (exact) mass is 411 g/mol. The van der Waals surface area contributed by atoms with Crippen LogP contribution in [0.5, 0.6) is 11.5 Å². The van der Waals surface area contributed by atoms with Gasteiger partial charge in [0.1, 0.15) is 0 Å². The van der Waals surface area contributed by atoms with Crippen molar-refractivity contribution < 1.29 is 23.8 Å². The number of nitrogens with zero attached hydrogens (tertiary/aromatic N) is 2. The van der Waals surface area contributed by atoms with E-state index in [-0.39, 0.29) is 24.8 Å². The molecule has 1 aliphatic rings. The Morgan fingerprint density at radius 3 is 2.63 bits per heavy atom. The summed E-state index contributed by atoms with van der Waals surface area (Å²) in [5.74, 6) is 0.645. The zero-order chi connectivity index (χ0) is 21.2. The highest BCUT2D eigenvalue weighted by atomic mass is 16.5. The van der Waals surface area contributed by atoms with E-state index >= 15 is 0 Å². The summed E-state index contributed by atoms with van der Waals surface area (Å²) in [6.07, 6.45) is 1.78. The Hall–Kier alpha value is -3.39. The molecule has 1 N–H and O–H groups in total. The van der Waals surface area contributed by atoms with Crippen LogP contribution < -0.4 is 14.9 Å². The molecule has 1 aliphatic heterocycles. The topological polar surface area (TPSA) is 89.5 Å². The van der Waals surface area contributed by atoms with Crippen molar-refractivity contribution in [1.29, 1.82) is 0 Å². The van der Waals surface area contributed by atoms with Gasteiger partial charge >= 0.3 is 0 Å². The third-order valence-electron chi connectivity index (χ3n) is 4.51. The van der Waals surface area contributed by atoms with Gasteiger partial charge in [-0.25, -0.2) is 5.43 Å². The van der Waals surface area contributed by atoms with Crippen LogP contribution in [0.4, 0.5) is 0 Å². The highest BCUT2D eigenvalue weighted by Crippen LogP contribution is 2.27. The van der Waals surface area contributed by atoms with Crippen LogP contribution in [-0.4, -0.2) is 62.9 Å². The van der Waals surface area contributed by atoms with Crippen LogP contribution in [0.2, 0.25) is 0 Å². The standard InChI is InChI=1S/C22H25N3O5/c1-28-20-13-18(15-23-24-21(26)14-17-5-3-2-4-6-17)7-8-19(20)30-16-22(27)25-9-11-29-12-10-25/h2-8,13,15H,9-12,14,16H2,1H3,(H,24,26)/b23-15+. The van der Waals surface area contributed by atoms with E-state index in [4.69, 9.17) is 14.2 Å². The highest BCUT2D eigenvalue weighted by Gasteiger charge is 2.18. The predicted molar refractivity (Wildman–Crippen MR) is 112 cm³/mol. The quantitative estimate of drug-likeness (QED) is 0.527. The number of hydrogen-bond donors (Lipinski definition) is 1. The van der Waals surface area contributed by atoms with Gasteiger partial charge in [0.05, 0.1) is 33.0 Å². The Bertz CT molecular complexity index is 880. The molecule has 2 aromatic rings. The molecule has 0 unspecified atom stereocenters. The number of morpholine rings is 1. The number of benzene rings is 2. The van der Waals surface area contributed by atoms with Crippen LogP contribution in [0.1, 0.15) is 11.1 Å². The van der Waals surface area contributed by atoms with Gasteiger partial charge in [0, 0.05) is 13.1 Å². The van der Waals surface area contributed by atoms with E-state index in [9.17, 15) is 9.59 Å². The van der Waals surface area contributed by atoms with Gasteiger partial charge in [-0.1, -0.05) is 30.3 Å². The lowest BCUT2D eigenvalue weighted by Gasteiger charge is -2.26. The summed E-state index contributed by atoms with van der Waals surface area (Å²) >= 11 is 0. The fourth-order valence-corrected chi connectivity index (χ4v) is 2.93. The van der Waals surface area contributed by atoms with Crippen molar-refractivity contribution in [1.82, 2.24) is 10.3 Å². The van der Waals surface area contributed by atoms with Gasteiger partial charge in [0.15, 0.2) is 18.1 Å². The molecule has 0 aliphatic carbocycles. The second-order valence-electron chi connectivity index (χ2n) is 6.65. The second-order valence-corrected chi connectivity index (χ2v) is 6.65. The van der Waals surface area contributed by atoms with Gasteiger partial charge in [-0.05, 0) is 29.3 Å². The molecule has 8 nitrogen and oxygen atoms in total. The molecule has 8 heteroatoms. The number of ether oxygens (including phenoxy) is 3. The van der Waals surface area contributed by atoms with Gasteiger partial charge in [-0.15, -0.1) is 0 Å². The molecule has 158 valence electrons. The number of methoxy groups -OCH3 is 1. The summed E-state index contributed by atoms with van der Waals surface area (Å²) in [6.45, 7) is 2.17. The maximum absolute atomic E-state index is 12.2. The average molecular weight is 411 g/mol. The molecule has 2 amide bonds. The summed E-state index contributed by atoms with van der Waals surface area (Å²) in [6, 6.07) is 14.6.